The summed E-state index contributed by atoms with van der Waals surface area (Å²) < 4.78 is 0. The van der Waals surface area contributed by atoms with E-state index in [0.29, 0.717) is 29.7 Å². The van der Waals surface area contributed by atoms with Crippen molar-refractivity contribution in [1.82, 2.24) is 10.2 Å². The van der Waals surface area contributed by atoms with Gasteiger partial charge in [0.1, 0.15) is 0 Å². The van der Waals surface area contributed by atoms with Gasteiger partial charge in [-0.2, -0.15) is 0 Å². The van der Waals surface area contributed by atoms with E-state index in [-0.39, 0.29) is 6.03 Å². The molecule has 3 nitrogen and oxygen atoms in total. The maximum Gasteiger partial charge on any atom is 0.339 e. The Morgan fingerprint density at radius 1 is 1.33 bits per heavy atom. The largest absolute Gasteiger partial charge is 0.339 e. The Labute approximate surface area is 98.0 Å². The van der Waals surface area contributed by atoms with Gasteiger partial charge >= 0.3 is 6.03 Å². The molecule has 79 valence electrons. The number of urea groups is 1. The van der Waals surface area contributed by atoms with Crippen LogP contribution in [0.15, 0.2) is 18.2 Å². The third kappa shape index (κ3) is 2.36. The first kappa shape index (κ1) is 10.6. The Hall–Kier alpha value is -0.930. The van der Waals surface area contributed by atoms with Crippen LogP contribution in [-0.4, -0.2) is 24.0 Å². The predicted octanol–water partition coefficient (Wildman–Crippen LogP) is 2.53. The van der Waals surface area contributed by atoms with E-state index in [2.05, 4.69) is 5.32 Å². The van der Waals surface area contributed by atoms with Crippen molar-refractivity contribution in [2.24, 2.45) is 0 Å². The van der Waals surface area contributed by atoms with E-state index < -0.39 is 0 Å². The fourth-order valence-corrected chi connectivity index (χ4v) is 1.79. The summed E-state index contributed by atoms with van der Waals surface area (Å²) in [5.41, 5.74) is 0.967. The lowest BCUT2D eigenvalue weighted by atomic mass is 10.2. The van der Waals surface area contributed by atoms with Gasteiger partial charge in [-0.05, 0) is 17.7 Å². The van der Waals surface area contributed by atoms with Crippen molar-refractivity contribution < 1.29 is 4.79 Å². The van der Waals surface area contributed by atoms with Gasteiger partial charge in [-0.15, -0.1) is 0 Å². The van der Waals surface area contributed by atoms with Gasteiger partial charge in [-0.3, -0.25) is 0 Å². The highest BCUT2D eigenvalue weighted by Gasteiger charge is 2.21. The van der Waals surface area contributed by atoms with Crippen LogP contribution >= 0.6 is 23.2 Å². The minimum absolute atomic E-state index is 0.152. The fourth-order valence-electron chi connectivity index (χ4n) is 1.47. The number of nitrogens with zero attached hydrogens (tertiary/aromatic N) is 2. The number of rotatable bonds is 2. The second kappa shape index (κ2) is 4.29. The number of hydrogen-bond acceptors (Lipinski definition) is 1. The Morgan fingerprint density at radius 3 is 2.73 bits per heavy atom. The first-order valence-electron chi connectivity index (χ1n) is 4.57. The molecule has 2 rings (SSSR count). The minimum atomic E-state index is -0.152. The van der Waals surface area contributed by atoms with E-state index >= 15 is 0 Å². The number of hydrogen-bond donors (Lipinski definition) is 0. The molecule has 1 saturated heterocycles. The number of benzene rings is 1. The molecule has 1 aromatic rings. The summed E-state index contributed by atoms with van der Waals surface area (Å²) in [5.74, 6) is 0. The molecule has 1 aliphatic rings. The zero-order valence-corrected chi connectivity index (χ0v) is 9.42. The molecule has 1 heterocycles. The van der Waals surface area contributed by atoms with Crippen molar-refractivity contribution >= 4 is 29.2 Å². The van der Waals surface area contributed by atoms with Gasteiger partial charge in [0.2, 0.25) is 0 Å². The summed E-state index contributed by atoms with van der Waals surface area (Å²) in [6.45, 7) is 1.80. The van der Waals surface area contributed by atoms with Crippen LogP contribution in [0.3, 0.4) is 0 Å². The molecular weight excluding hydrogens is 235 g/mol. The Morgan fingerprint density at radius 2 is 2.13 bits per heavy atom. The molecule has 2 amide bonds. The van der Waals surface area contributed by atoms with E-state index in [1.165, 1.54) is 0 Å². The molecule has 15 heavy (non-hydrogen) atoms. The summed E-state index contributed by atoms with van der Waals surface area (Å²) in [6, 6.07) is 5.22. The molecule has 0 atom stereocenters. The van der Waals surface area contributed by atoms with Gasteiger partial charge in [0.25, 0.3) is 0 Å². The highest BCUT2D eigenvalue weighted by molar-refractivity contribution is 6.42. The van der Waals surface area contributed by atoms with Crippen LogP contribution in [0.2, 0.25) is 10.0 Å². The van der Waals surface area contributed by atoms with Crippen LogP contribution in [-0.2, 0) is 6.54 Å². The van der Waals surface area contributed by atoms with Crippen LogP contribution in [0.25, 0.3) is 0 Å². The predicted molar refractivity (Wildman–Crippen MR) is 59.3 cm³/mol. The summed E-state index contributed by atoms with van der Waals surface area (Å²) in [5, 5.41) is 4.82. The topological polar surface area (TPSA) is 34.4 Å². The Balaban J connectivity index is 2.10. The van der Waals surface area contributed by atoms with Crippen LogP contribution < -0.4 is 5.32 Å². The maximum atomic E-state index is 11.2. The molecule has 0 N–H and O–H groups in total. The zero-order valence-electron chi connectivity index (χ0n) is 7.91. The number of amides is 2. The monoisotopic (exact) mass is 243 g/mol. The van der Waals surface area contributed by atoms with Gasteiger partial charge < -0.3 is 4.90 Å². The molecule has 0 aliphatic carbocycles. The molecule has 0 aromatic heterocycles. The first-order valence-corrected chi connectivity index (χ1v) is 5.33. The van der Waals surface area contributed by atoms with Crippen molar-refractivity contribution in [2.45, 2.75) is 6.54 Å². The summed E-state index contributed by atoms with van der Waals surface area (Å²) in [6.07, 6.45) is 0. The SMILES string of the molecule is O=C1[N]CCN1Cc1ccc(Cl)c(Cl)c1. The molecule has 1 radical (unpaired) electrons. The third-order valence-corrected chi connectivity index (χ3v) is 2.98. The zero-order chi connectivity index (χ0) is 10.8. The fraction of sp³-hybridized carbons (Fsp3) is 0.300. The van der Waals surface area contributed by atoms with Gasteiger partial charge in [0.05, 0.1) is 16.6 Å². The lowest BCUT2D eigenvalue weighted by Gasteiger charge is -2.13. The van der Waals surface area contributed by atoms with Crippen molar-refractivity contribution in [3.63, 3.8) is 0 Å². The van der Waals surface area contributed by atoms with E-state index in [0.717, 1.165) is 5.56 Å². The number of halogens is 2. The number of carbonyl (C=O) groups is 1. The van der Waals surface area contributed by atoms with E-state index in [4.69, 9.17) is 23.2 Å². The lowest BCUT2D eigenvalue weighted by molar-refractivity contribution is 0.215. The Kier molecular flexibility index (Phi) is 3.03. The molecule has 1 fully saturated rings. The van der Waals surface area contributed by atoms with Crippen LogP contribution in [0.1, 0.15) is 5.56 Å². The Bertz CT molecular complexity index is 395. The molecule has 1 aromatic carbocycles. The van der Waals surface area contributed by atoms with Gasteiger partial charge in [-0.1, -0.05) is 29.3 Å². The normalized spacial score (nSPS) is 15.6. The molecule has 0 saturated carbocycles. The quantitative estimate of drug-likeness (QED) is 0.787. The highest BCUT2D eigenvalue weighted by Crippen LogP contribution is 2.23. The van der Waals surface area contributed by atoms with Crippen LogP contribution in [0.5, 0.6) is 0 Å². The highest BCUT2D eigenvalue weighted by atomic mass is 35.5. The molecule has 0 spiro atoms. The third-order valence-electron chi connectivity index (χ3n) is 2.24. The first-order chi connectivity index (χ1) is 7.16. The molecule has 0 unspecified atom stereocenters. The summed E-state index contributed by atoms with van der Waals surface area (Å²) in [4.78, 5) is 12.9. The van der Waals surface area contributed by atoms with Gasteiger partial charge in [0, 0.05) is 13.1 Å². The van der Waals surface area contributed by atoms with Crippen molar-refractivity contribution in [1.29, 1.82) is 0 Å². The average molecular weight is 244 g/mol. The summed E-state index contributed by atoms with van der Waals surface area (Å²) in [7, 11) is 0. The number of carbonyl (C=O) groups excluding carboxylic acids is 1. The molecular formula is C10H9Cl2N2O. The molecule has 0 bridgehead atoms. The van der Waals surface area contributed by atoms with Crippen molar-refractivity contribution in [2.75, 3.05) is 13.1 Å². The van der Waals surface area contributed by atoms with Gasteiger partial charge in [-0.25, -0.2) is 10.1 Å². The van der Waals surface area contributed by atoms with Crippen molar-refractivity contribution in [3.05, 3.63) is 33.8 Å². The van der Waals surface area contributed by atoms with Crippen LogP contribution in [0.4, 0.5) is 4.79 Å². The van der Waals surface area contributed by atoms with Crippen LogP contribution in [0, 0.1) is 0 Å². The second-order valence-electron chi connectivity index (χ2n) is 3.33. The minimum Gasteiger partial charge on any atom is -0.317 e. The molecule has 5 heteroatoms. The van der Waals surface area contributed by atoms with E-state index in [1.54, 1.807) is 17.0 Å². The molecule has 1 aliphatic heterocycles. The van der Waals surface area contributed by atoms with Gasteiger partial charge in [0.15, 0.2) is 0 Å². The average Bonchev–Trinajstić information content (AvgIpc) is 2.59. The smallest absolute Gasteiger partial charge is 0.317 e. The van der Waals surface area contributed by atoms with E-state index in [9.17, 15) is 4.79 Å². The van der Waals surface area contributed by atoms with E-state index in [1.807, 2.05) is 6.07 Å². The maximum absolute atomic E-state index is 11.2. The lowest BCUT2D eigenvalue weighted by Crippen LogP contribution is -2.25. The second-order valence-corrected chi connectivity index (χ2v) is 4.15. The standard InChI is InChI=1S/C10H9Cl2N2O/c11-8-2-1-7(5-9(8)12)6-14-4-3-13-10(14)15/h1-2,5H,3-4,6H2. The summed E-state index contributed by atoms with van der Waals surface area (Å²) >= 11 is 11.7. The van der Waals surface area contributed by atoms with Crippen molar-refractivity contribution in [3.8, 4) is 0 Å².